The average molecular weight is 483 g/mol. The highest BCUT2D eigenvalue weighted by Gasteiger charge is 2.26. The number of benzene rings is 2. The molecule has 0 bridgehead atoms. The molecule has 2 aliphatic rings. The molecule has 1 fully saturated rings. The van der Waals surface area contributed by atoms with Crippen LogP contribution in [-0.2, 0) is 4.79 Å². The van der Waals surface area contributed by atoms with Gasteiger partial charge < -0.3 is 9.88 Å². The van der Waals surface area contributed by atoms with Gasteiger partial charge in [0.15, 0.2) is 5.78 Å². The number of ketones is 1. The highest BCUT2D eigenvalue weighted by atomic mass is 35.5. The number of amides is 1. The van der Waals surface area contributed by atoms with E-state index in [1.165, 1.54) is 11.8 Å². The molecule has 3 heterocycles. The third-order valence-electron chi connectivity index (χ3n) is 6.21. The standard InChI is InChI=1S/C24H23ClN4O3S/c25-15-5-6-20-19(13-15)27-24(32)29(20)16-7-10-28(11-8-16)23(31)9-12-33-22-14-21(30)17-3-1-2-4-18(17)26-22/h1-6,13,16H,7-12,14H2,(H,27,32). The molecule has 0 saturated carbocycles. The minimum atomic E-state index is -0.141. The number of fused-ring (bicyclic) bond motifs is 2. The fourth-order valence-electron chi connectivity index (χ4n) is 4.55. The van der Waals surface area contributed by atoms with Gasteiger partial charge in [0.05, 0.1) is 28.2 Å². The van der Waals surface area contributed by atoms with Crippen LogP contribution in [0.4, 0.5) is 5.69 Å². The number of aliphatic imine (C=N–C) groups is 1. The zero-order valence-electron chi connectivity index (χ0n) is 17.9. The Hall–Kier alpha value is -2.84. The van der Waals surface area contributed by atoms with E-state index < -0.39 is 0 Å². The second kappa shape index (κ2) is 9.19. The maximum absolute atomic E-state index is 12.7. The Morgan fingerprint density at radius 2 is 1.94 bits per heavy atom. The number of thioether (sulfide) groups is 1. The van der Waals surface area contributed by atoms with Gasteiger partial charge in [0, 0.05) is 41.9 Å². The molecule has 2 aromatic carbocycles. The van der Waals surface area contributed by atoms with Crippen LogP contribution >= 0.6 is 23.4 Å². The van der Waals surface area contributed by atoms with Crippen LogP contribution in [-0.4, -0.2) is 50.0 Å². The number of hydrogen-bond acceptors (Lipinski definition) is 5. The van der Waals surface area contributed by atoms with E-state index in [1.54, 1.807) is 22.8 Å². The van der Waals surface area contributed by atoms with Gasteiger partial charge in [-0.05, 0) is 43.2 Å². The lowest BCUT2D eigenvalue weighted by molar-refractivity contribution is -0.132. The summed E-state index contributed by atoms with van der Waals surface area (Å²) < 4.78 is 1.79. The molecule has 170 valence electrons. The number of para-hydroxylation sites is 1. The van der Waals surface area contributed by atoms with E-state index in [-0.39, 0.29) is 23.4 Å². The number of carbonyl (C=O) groups is 2. The Labute approximate surface area is 199 Å². The smallest absolute Gasteiger partial charge is 0.326 e. The second-order valence-corrected chi connectivity index (χ2v) is 9.90. The number of nitrogens with one attached hydrogen (secondary N) is 1. The molecule has 3 aromatic rings. The van der Waals surface area contributed by atoms with Crippen molar-refractivity contribution >= 4 is 56.8 Å². The first-order valence-electron chi connectivity index (χ1n) is 11.0. The van der Waals surface area contributed by atoms with Gasteiger partial charge in [-0.1, -0.05) is 23.7 Å². The fraction of sp³-hybridized carbons (Fsp3) is 0.333. The maximum Gasteiger partial charge on any atom is 0.326 e. The van der Waals surface area contributed by atoms with Crippen molar-refractivity contribution in [2.75, 3.05) is 18.8 Å². The minimum Gasteiger partial charge on any atom is -0.343 e. The molecular formula is C24H23ClN4O3S. The normalized spacial score (nSPS) is 16.7. The van der Waals surface area contributed by atoms with Crippen LogP contribution in [0.1, 0.15) is 42.1 Å². The predicted molar refractivity (Wildman–Crippen MR) is 132 cm³/mol. The molecule has 5 rings (SSSR count). The van der Waals surface area contributed by atoms with Crippen LogP contribution in [0.3, 0.4) is 0 Å². The van der Waals surface area contributed by atoms with Crippen molar-refractivity contribution in [2.24, 2.45) is 4.99 Å². The van der Waals surface area contributed by atoms with Crippen molar-refractivity contribution in [3.63, 3.8) is 0 Å². The lowest BCUT2D eigenvalue weighted by atomic mass is 10.0. The number of halogens is 1. The zero-order valence-corrected chi connectivity index (χ0v) is 19.5. The van der Waals surface area contributed by atoms with Crippen molar-refractivity contribution in [2.45, 2.75) is 31.7 Å². The summed E-state index contributed by atoms with van der Waals surface area (Å²) in [5, 5.41) is 1.35. The molecule has 0 unspecified atom stereocenters. The highest BCUT2D eigenvalue weighted by Crippen LogP contribution is 2.30. The summed E-state index contributed by atoms with van der Waals surface area (Å²) in [6.45, 7) is 1.24. The quantitative estimate of drug-likeness (QED) is 0.589. The van der Waals surface area contributed by atoms with Crippen LogP contribution in [0, 0.1) is 0 Å². The highest BCUT2D eigenvalue weighted by molar-refractivity contribution is 8.14. The lowest BCUT2D eigenvalue weighted by Crippen LogP contribution is -2.40. The molecule has 0 aliphatic carbocycles. The monoisotopic (exact) mass is 482 g/mol. The van der Waals surface area contributed by atoms with Gasteiger partial charge in [0.2, 0.25) is 5.91 Å². The SMILES string of the molecule is O=C1CC(SCCC(=O)N2CCC(n3c(=O)[nH]c4cc(Cl)ccc43)CC2)=Nc2ccccc21. The summed E-state index contributed by atoms with van der Waals surface area (Å²) in [4.78, 5) is 46.8. The molecular weight excluding hydrogens is 460 g/mol. The van der Waals surface area contributed by atoms with Crippen molar-refractivity contribution < 1.29 is 9.59 Å². The number of piperidine rings is 1. The van der Waals surface area contributed by atoms with E-state index in [2.05, 4.69) is 9.98 Å². The molecule has 0 spiro atoms. The summed E-state index contributed by atoms with van der Waals surface area (Å²) in [5.74, 6) is 0.767. The Morgan fingerprint density at radius 1 is 1.15 bits per heavy atom. The largest absolute Gasteiger partial charge is 0.343 e. The van der Waals surface area contributed by atoms with Gasteiger partial charge >= 0.3 is 5.69 Å². The molecule has 9 heteroatoms. The van der Waals surface area contributed by atoms with Crippen LogP contribution < -0.4 is 5.69 Å². The molecule has 7 nitrogen and oxygen atoms in total. The fourth-order valence-corrected chi connectivity index (χ4v) is 5.63. The Bertz CT molecular complexity index is 1320. The molecule has 1 amide bonds. The number of imidazole rings is 1. The van der Waals surface area contributed by atoms with Gasteiger partial charge in [-0.15, -0.1) is 11.8 Å². The number of aromatic amines is 1. The first-order chi connectivity index (χ1) is 16.0. The van der Waals surface area contributed by atoms with Crippen LogP contribution in [0.2, 0.25) is 5.02 Å². The van der Waals surface area contributed by atoms with E-state index in [0.29, 0.717) is 48.0 Å². The molecule has 1 N–H and O–H groups in total. The summed E-state index contributed by atoms with van der Waals surface area (Å²) in [6, 6.07) is 12.8. The first-order valence-corrected chi connectivity index (χ1v) is 12.4. The number of Topliss-reactive ketones (excluding diaryl/α,β-unsaturated/α-hetero) is 1. The van der Waals surface area contributed by atoms with E-state index in [9.17, 15) is 14.4 Å². The van der Waals surface area contributed by atoms with Crippen LogP contribution in [0.5, 0.6) is 0 Å². The van der Waals surface area contributed by atoms with Gasteiger partial charge in [-0.2, -0.15) is 0 Å². The molecule has 1 saturated heterocycles. The van der Waals surface area contributed by atoms with Crippen molar-refractivity contribution in [3.05, 3.63) is 63.5 Å². The van der Waals surface area contributed by atoms with Gasteiger partial charge in [-0.3, -0.25) is 14.2 Å². The topological polar surface area (TPSA) is 87.5 Å². The third-order valence-corrected chi connectivity index (χ3v) is 7.42. The minimum absolute atomic E-state index is 0.0496. The molecule has 2 aliphatic heterocycles. The average Bonchev–Trinajstić information content (AvgIpc) is 3.14. The molecule has 0 atom stereocenters. The first kappa shape index (κ1) is 22.0. The van der Waals surface area contributed by atoms with Crippen molar-refractivity contribution in [3.8, 4) is 0 Å². The zero-order chi connectivity index (χ0) is 22.9. The molecule has 0 radical (unpaired) electrons. The van der Waals surface area contributed by atoms with E-state index in [4.69, 9.17) is 11.6 Å². The van der Waals surface area contributed by atoms with Crippen LogP contribution in [0.15, 0.2) is 52.3 Å². The third kappa shape index (κ3) is 4.50. The Morgan fingerprint density at radius 3 is 2.76 bits per heavy atom. The Balaban J connectivity index is 1.15. The summed E-state index contributed by atoms with van der Waals surface area (Å²) in [6.07, 6.45) is 2.15. The van der Waals surface area contributed by atoms with E-state index >= 15 is 0 Å². The summed E-state index contributed by atoms with van der Waals surface area (Å²) in [7, 11) is 0. The number of hydrogen-bond donors (Lipinski definition) is 1. The second-order valence-electron chi connectivity index (χ2n) is 8.29. The number of likely N-dealkylation sites (tertiary alicyclic amines) is 1. The van der Waals surface area contributed by atoms with Gasteiger partial charge in [0.1, 0.15) is 0 Å². The number of nitrogens with zero attached hydrogens (tertiary/aromatic N) is 3. The molecule has 1 aromatic heterocycles. The number of aromatic nitrogens is 2. The van der Waals surface area contributed by atoms with Crippen molar-refractivity contribution in [1.82, 2.24) is 14.5 Å². The van der Waals surface area contributed by atoms with E-state index in [1.807, 2.05) is 29.2 Å². The molecule has 33 heavy (non-hydrogen) atoms. The number of H-pyrrole nitrogens is 1. The predicted octanol–water partition coefficient (Wildman–Crippen LogP) is 4.59. The van der Waals surface area contributed by atoms with Gasteiger partial charge in [-0.25, -0.2) is 9.79 Å². The summed E-state index contributed by atoms with van der Waals surface area (Å²) in [5.41, 5.74) is 2.81. The van der Waals surface area contributed by atoms with Crippen molar-refractivity contribution in [1.29, 1.82) is 0 Å². The van der Waals surface area contributed by atoms with E-state index in [0.717, 1.165) is 28.9 Å². The maximum atomic E-state index is 12.7. The number of carbonyl (C=O) groups excluding carboxylic acids is 2. The summed E-state index contributed by atoms with van der Waals surface area (Å²) >= 11 is 7.52. The van der Waals surface area contributed by atoms with Crippen LogP contribution in [0.25, 0.3) is 11.0 Å². The number of rotatable bonds is 4. The lowest BCUT2D eigenvalue weighted by Gasteiger charge is -2.32. The Kier molecular flexibility index (Phi) is 6.12. The van der Waals surface area contributed by atoms with Gasteiger partial charge in [0.25, 0.3) is 0 Å².